The predicted molar refractivity (Wildman–Crippen MR) is 96.2 cm³/mol. The van der Waals surface area contributed by atoms with E-state index in [4.69, 9.17) is 19.6 Å². The van der Waals surface area contributed by atoms with E-state index in [2.05, 4.69) is 69.3 Å². The summed E-state index contributed by atoms with van der Waals surface area (Å²) in [6, 6.07) is 0. The van der Waals surface area contributed by atoms with Crippen LogP contribution in [0, 0.1) is 0 Å². The molecule has 0 heterocycles. The van der Waals surface area contributed by atoms with Gasteiger partial charge >= 0.3 is 15.6 Å². The lowest BCUT2D eigenvalue weighted by Gasteiger charge is -2.03. The van der Waals surface area contributed by atoms with Crippen molar-refractivity contribution in [1.29, 1.82) is 0 Å². The minimum atomic E-state index is -5.05. The number of hydrogen-bond acceptors (Lipinski definition) is 3. The Hall–Kier alpha value is -0.780. The number of hydrogen-bond donors (Lipinski definition) is 4. The second-order valence-corrected chi connectivity index (χ2v) is 7.90. The van der Waals surface area contributed by atoms with Crippen LogP contribution in [-0.2, 0) is 13.4 Å². The van der Waals surface area contributed by atoms with Gasteiger partial charge in [-0.05, 0) is 47.5 Å². The van der Waals surface area contributed by atoms with Crippen molar-refractivity contribution in [1.82, 2.24) is 0 Å². The van der Waals surface area contributed by atoms with E-state index in [9.17, 15) is 9.13 Å². The molecule has 0 aliphatic rings. The maximum Gasteiger partial charge on any atom is 0.478 e. The molecule has 0 aromatic rings. The Bertz CT molecular complexity index is 553. The van der Waals surface area contributed by atoms with Crippen molar-refractivity contribution in [2.45, 2.75) is 47.5 Å². The molecule has 0 radical (unpaired) electrons. The fraction of sp³-hybridized carbons (Fsp3) is 0.467. The monoisotopic (exact) mass is 382 g/mol. The number of allylic oxidation sites excluding steroid dienone is 8. The van der Waals surface area contributed by atoms with E-state index in [-0.39, 0.29) is 0 Å². The summed E-state index contributed by atoms with van der Waals surface area (Å²) in [5, 5.41) is 0. The van der Waals surface area contributed by atoms with Crippen LogP contribution in [0.5, 0.6) is 0 Å². The second kappa shape index (κ2) is 12.6. The highest BCUT2D eigenvalue weighted by molar-refractivity contribution is 7.60. The molecule has 0 unspecified atom stereocenters. The van der Waals surface area contributed by atoms with E-state index in [1.165, 1.54) is 16.7 Å². The van der Waals surface area contributed by atoms with Crippen molar-refractivity contribution < 1.29 is 33.0 Å². The van der Waals surface area contributed by atoms with Crippen LogP contribution in [-0.4, -0.2) is 19.6 Å². The Kier molecular flexibility index (Phi) is 13.3. The van der Waals surface area contributed by atoms with Crippen LogP contribution in [0.4, 0.5) is 0 Å². The van der Waals surface area contributed by atoms with Gasteiger partial charge in [0, 0.05) is 0 Å². The summed E-state index contributed by atoms with van der Waals surface area (Å²) < 4.78 is 22.2. The highest BCUT2D eigenvalue weighted by Crippen LogP contribution is 2.53. The zero-order chi connectivity index (χ0) is 19.4. The highest BCUT2D eigenvalue weighted by atomic mass is 31.3. The number of phosphoric acid groups is 2. The molecule has 0 aromatic heterocycles. The Labute approximate surface area is 143 Å². The Morgan fingerprint density at radius 3 is 1.83 bits per heavy atom. The molecule has 0 amide bonds. The van der Waals surface area contributed by atoms with Gasteiger partial charge in [0.2, 0.25) is 0 Å². The topological polar surface area (TPSA) is 124 Å². The van der Waals surface area contributed by atoms with E-state index in [1.807, 2.05) is 0 Å². The molecule has 9 heteroatoms. The van der Waals surface area contributed by atoms with Crippen molar-refractivity contribution in [3.8, 4) is 0 Å². The molecule has 0 spiro atoms. The first-order valence-electron chi connectivity index (χ1n) is 7.19. The summed E-state index contributed by atoms with van der Waals surface area (Å²) in [7, 11) is -10.1. The lowest BCUT2D eigenvalue weighted by atomic mass is 10.1. The first-order valence-corrected chi connectivity index (χ1v) is 10.3. The van der Waals surface area contributed by atoms with Gasteiger partial charge in [0.15, 0.2) is 0 Å². The molecule has 7 nitrogen and oxygen atoms in total. The minimum Gasteiger partial charge on any atom is -0.302 e. The van der Waals surface area contributed by atoms with E-state index >= 15 is 0 Å². The molecule has 0 rings (SSSR count). The van der Waals surface area contributed by atoms with Gasteiger partial charge in [-0.2, -0.15) is 4.31 Å². The van der Waals surface area contributed by atoms with Gasteiger partial charge in [0.05, 0.1) is 0 Å². The van der Waals surface area contributed by atoms with Crippen LogP contribution in [0.3, 0.4) is 0 Å². The molecule has 0 atom stereocenters. The maximum atomic E-state index is 9.63. The lowest BCUT2D eigenvalue weighted by molar-refractivity contribution is 0.225. The molecule has 0 bridgehead atoms. The van der Waals surface area contributed by atoms with Crippen LogP contribution in [0.1, 0.15) is 47.5 Å². The molecular formula is C15H28O7P2. The summed E-state index contributed by atoms with van der Waals surface area (Å²) >= 11 is 0. The average Bonchev–Trinajstić information content (AvgIpc) is 2.34. The van der Waals surface area contributed by atoms with Gasteiger partial charge in [-0.25, -0.2) is 9.13 Å². The quantitative estimate of drug-likeness (QED) is 0.292. The van der Waals surface area contributed by atoms with E-state index in [1.54, 1.807) is 0 Å². The van der Waals surface area contributed by atoms with Gasteiger partial charge in [0.1, 0.15) is 0 Å². The molecule has 0 aromatic carbocycles. The first-order chi connectivity index (χ1) is 10.8. The maximum absolute atomic E-state index is 9.63. The largest absolute Gasteiger partial charge is 0.478 e. The highest BCUT2D eigenvalue weighted by Gasteiger charge is 2.27. The van der Waals surface area contributed by atoms with Crippen molar-refractivity contribution in [2.24, 2.45) is 0 Å². The summed E-state index contributed by atoms with van der Waals surface area (Å²) in [5.74, 6) is 0. The third-order valence-corrected chi connectivity index (χ3v) is 4.20. The summed E-state index contributed by atoms with van der Waals surface area (Å²) in [6.45, 7) is 10.7. The van der Waals surface area contributed by atoms with E-state index in [0.717, 1.165) is 12.8 Å². The minimum absolute atomic E-state index is 1.15. The third-order valence-electron chi connectivity index (χ3n) is 2.50. The summed E-state index contributed by atoms with van der Waals surface area (Å²) in [5.41, 5.74) is 4.15. The van der Waals surface area contributed by atoms with Crippen LogP contribution in [0.2, 0.25) is 0 Å². The van der Waals surface area contributed by atoms with Crippen molar-refractivity contribution in [3.63, 3.8) is 0 Å². The SMILES string of the molecule is CC=C(C)C=CC=C(C)CCC=C(C)C.O=P(O)(O)OP(=O)(O)O. The van der Waals surface area contributed by atoms with Gasteiger partial charge in [0.25, 0.3) is 0 Å². The molecular weight excluding hydrogens is 354 g/mol. The molecule has 0 saturated heterocycles. The van der Waals surface area contributed by atoms with E-state index in [0.29, 0.717) is 0 Å². The fourth-order valence-corrected chi connectivity index (χ4v) is 2.38. The van der Waals surface area contributed by atoms with Crippen LogP contribution < -0.4 is 0 Å². The van der Waals surface area contributed by atoms with Gasteiger partial charge in [-0.3, -0.25) is 0 Å². The molecule has 140 valence electrons. The molecule has 4 N–H and O–H groups in total. The summed E-state index contributed by atoms with van der Waals surface area (Å²) in [4.78, 5) is 31.0. The Morgan fingerprint density at radius 1 is 1.00 bits per heavy atom. The predicted octanol–water partition coefficient (Wildman–Crippen LogP) is 4.39. The van der Waals surface area contributed by atoms with Crippen molar-refractivity contribution in [2.75, 3.05) is 0 Å². The molecule has 24 heavy (non-hydrogen) atoms. The van der Waals surface area contributed by atoms with Gasteiger partial charge in [-0.15, -0.1) is 0 Å². The van der Waals surface area contributed by atoms with E-state index < -0.39 is 15.6 Å². The van der Waals surface area contributed by atoms with Crippen molar-refractivity contribution >= 4 is 15.6 Å². The van der Waals surface area contributed by atoms with Crippen molar-refractivity contribution in [3.05, 3.63) is 47.1 Å². The molecule has 0 saturated carbocycles. The summed E-state index contributed by atoms with van der Waals surface area (Å²) in [6.07, 6.45) is 13.2. The van der Waals surface area contributed by atoms with Gasteiger partial charge < -0.3 is 19.6 Å². The smallest absolute Gasteiger partial charge is 0.302 e. The standard InChI is InChI=1S/C15H24.H4O7P2/c1-6-14(4)10-8-12-15(5)11-7-9-13(2)3;1-8(2,3)7-9(4,5)6/h6,8-10,12H,7,11H2,1-5H3;(H2,1,2,3)(H2,4,5,6). The van der Waals surface area contributed by atoms with Crippen LogP contribution >= 0.6 is 15.6 Å². The Morgan fingerprint density at radius 2 is 1.50 bits per heavy atom. The van der Waals surface area contributed by atoms with Crippen LogP contribution in [0.15, 0.2) is 47.1 Å². The normalized spacial score (nSPS) is 13.5. The average molecular weight is 382 g/mol. The fourth-order valence-electron chi connectivity index (χ4n) is 1.27. The lowest BCUT2D eigenvalue weighted by Crippen LogP contribution is -1.84. The Balaban J connectivity index is 0. The van der Waals surface area contributed by atoms with Gasteiger partial charge in [-0.1, -0.05) is 47.1 Å². The zero-order valence-electron chi connectivity index (χ0n) is 14.7. The molecule has 0 aliphatic heterocycles. The molecule has 0 aliphatic carbocycles. The third kappa shape index (κ3) is 23.5. The molecule has 0 fully saturated rings. The van der Waals surface area contributed by atoms with Crippen LogP contribution in [0.25, 0.3) is 0 Å². The first kappa shape index (κ1) is 25.5. The zero-order valence-corrected chi connectivity index (χ0v) is 16.5. The second-order valence-electron chi connectivity index (χ2n) is 5.29. The number of rotatable bonds is 7.